The van der Waals surface area contributed by atoms with Crippen LogP contribution in [0.25, 0.3) is 21.2 Å². The first kappa shape index (κ1) is 21.5. The van der Waals surface area contributed by atoms with Crippen molar-refractivity contribution in [1.82, 2.24) is 0 Å². The molecular formula is C25H20BrFO3S. The molecule has 1 heterocycles. The average molecular weight is 499 g/mol. The van der Waals surface area contributed by atoms with Crippen LogP contribution >= 0.6 is 27.3 Å². The van der Waals surface area contributed by atoms with Crippen molar-refractivity contribution < 1.29 is 18.7 Å². The summed E-state index contributed by atoms with van der Waals surface area (Å²) in [6.07, 6.45) is 0. The summed E-state index contributed by atoms with van der Waals surface area (Å²) in [5, 5.41) is 3.43. The fraction of sp³-hybridized carbons (Fsp3) is 0.160. The number of alkyl halides is 1. The summed E-state index contributed by atoms with van der Waals surface area (Å²) >= 11 is 4.87. The summed E-state index contributed by atoms with van der Waals surface area (Å²) in [5.41, 5.74) is 2.59. The third-order valence-electron chi connectivity index (χ3n) is 5.08. The highest BCUT2D eigenvalue weighted by Gasteiger charge is 2.24. The van der Waals surface area contributed by atoms with Crippen LogP contribution in [0.1, 0.15) is 21.5 Å². The Bertz CT molecular complexity index is 1270. The van der Waals surface area contributed by atoms with Crippen molar-refractivity contribution in [1.29, 1.82) is 0 Å². The summed E-state index contributed by atoms with van der Waals surface area (Å²) in [6.45, 7) is 2.31. The van der Waals surface area contributed by atoms with Gasteiger partial charge in [0.2, 0.25) is 0 Å². The van der Waals surface area contributed by atoms with Crippen LogP contribution in [-0.4, -0.2) is 24.8 Å². The highest BCUT2D eigenvalue weighted by atomic mass is 79.9. The molecule has 0 radical (unpaired) electrons. The van der Waals surface area contributed by atoms with Crippen molar-refractivity contribution in [3.63, 3.8) is 0 Å². The van der Waals surface area contributed by atoms with E-state index < -0.39 is 5.82 Å². The van der Waals surface area contributed by atoms with E-state index in [1.807, 2.05) is 42.6 Å². The topological polar surface area (TPSA) is 35.5 Å². The molecule has 0 saturated carbocycles. The molecule has 0 amide bonds. The normalized spacial score (nSPS) is 11.0. The second-order valence-corrected chi connectivity index (χ2v) is 8.70. The van der Waals surface area contributed by atoms with Gasteiger partial charge in [0.05, 0.1) is 13.7 Å². The monoisotopic (exact) mass is 498 g/mol. The fourth-order valence-electron chi connectivity index (χ4n) is 3.67. The number of halogens is 2. The molecule has 0 unspecified atom stereocenters. The van der Waals surface area contributed by atoms with Crippen LogP contribution in [0.5, 0.6) is 11.5 Å². The zero-order chi connectivity index (χ0) is 22.0. The highest BCUT2D eigenvalue weighted by Crippen LogP contribution is 2.38. The first-order valence-corrected chi connectivity index (χ1v) is 11.7. The minimum absolute atomic E-state index is 0.126. The number of carbonyl (C=O) groups is 1. The lowest BCUT2D eigenvalue weighted by Gasteiger charge is -2.16. The molecule has 3 nitrogen and oxygen atoms in total. The number of benzene rings is 3. The second kappa shape index (κ2) is 9.20. The number of rotatable bonds is 7. The van der Waals surface area contributed by atoms with E-state index in [1.54, 1.807) is 24.3 Å². The lowest BCUT2D eigenvalue weighted by atomic mass is 9.89. The van der Waals surface area contributed by atoms with Crippen molar-refractivity contribution in [2.24, 2.45) is 0 Å². The molecule has 158 valence electrons. The number of fused-ring (bicyclic) bond motifs is 1. The minimum atomic E-state index is -0.508. The molecule has 0 atom stereocenters. The maximum Gasteiger partial charge on any atom is 0.195 e. The molecule has 0 bridgehead atoms. The van der Waals surface area contributed by atoms with Crippen molar-refractivity contribution >= 4 is 43.1 Å². The van der Waals surface area contributed by atoms with Gasteiger partial charge in [-0.3, -0.25) is 4.79 Å². The van der Waals surface area contributed by atoms with Crippen LogP contribution in [0.15, 0.2) is 60.0 Å². The molecule has 31 heavy (non-hydrogen) atoms. The quantitative estimate of drug-likeness (QED) is 0.202. The molecule has 0 spiro atoms. The lowest BCUT2D eigenvalue weighted by molar-refractivity contribution is 0.104. The predicted molar refractivity (Wildman–Crippen MR) is 128 cm³/mol. The zero-order valence-electron chi connectivity index (χ0n) is 17.1. The molecule has 0 saturated heterocycles. The van der Waals surface area contributed by atoms with E-state index in [1.165, 1.54) is 18.4 Å². The fourth-order valence-corrected chi connectivity index (χ4v) is 4.78. The first-order chi connectivity index (χ1) is 15.0. The van der Waals surface area contributed by atoms with Gasteiger partial charge in [-0.25, -0.2) is 4.39 Å². The number of thiophene rings is 1. The van der Waals surface area contributed by atoms with Gasteiger partial charge in [0.1, 0.15) is 5.75 Å². The predicted octanol–water partition coefficient (Wildman–Crippen LogP) is 7.03. The minimum Gasteiger partial charge on any atom is -0.494 e. The lowest BCUT2D eigenvalue weighted by Crippen LogP contribution is -2.08. The van der Waals surface area contributed by atoms with Crippen LogP contribution in [0.2, 0.25) is 0 Å². The van der Waals surface area contributed by atoms with Gasteiger partial charge in [-0.1, -0.05) is 46.3 Å². The standard InChI is InChI=1S/C25H20BrFO3S/c1-15-12-16(30-11-10-26)13-19(18-7-5-8-21(29-2)24(18)27)23(15)25(28)20-14-31-22-9-4-3-6-17(20)22/h3-9,12-14H,10-11H2,1-2H3. The van der Waals surface area contributed by atoms with Crippen LogP contribution in [0, 0.1) is 12.7 Å². The Labute approximate surface area is 192 Å². The molecule has 0 N–H and O–H groups in total. The highest BCUT2D eigenvalue weighted by molar-refractivity contribution is 9.09. The Morgan fingerprint density at radius 1 is 1.10 bits per heavy atom. The molecule has 0 aliphatic rings. The van der Waals surface area contributed by atoms with E-state index >= 15 is 4.39 Å². The van der Waals surface area contributed by atoms with Gasteiger partial charge in [-0.2, -0.15) is 0 Å². The molecule has 0 fully saturated rings. The summed E-state index contributed by atoms with van der Waals surface area (Å²) < 4.78 is 27.2. The van der Waals surface area contributed by atoms with E-state index in [9.17, 15) is 4.79 Å². The second-order valence-electron chi connectivity index (χ2n) is 7.00. The number of aryl methyl sites for hydroxylation is 1. The largest absolute Gasteiger partial charge is 0.494 e. The maximum absolute atomic E-state index is 15.2. The Morgan fingerprint density at radius 3 is 2.68 bits per heavy atom. The molecule has 0 aliphatic heterocycles. The molecule has 6 heteroatoms. The van der Waals surface area contributed by atoms with Crippen LogP contribution < -0.4 is 9.47 Å². The first-order valence-electron chi connectivity index (χ1n) is 9.72. The summed E-state index contributed by atoms with van der Waals surface area (Å²) in [4.78, 5) is 13.7. The van der Waals surface area contributed by atoms with Gasteiger partial charge in [-0.05, 0) is 42.3 Å². The van der Waals surface area contributed by atoms with Crippen molar-refractivity contribution in [2.45, 2.75) is 6.92 Å². The summed E-state index contributed by atoms with van der Waals surface area (Å²) in [6, 6.07) is 16.3. The summed E-state index contributed by atoms with van der Waals surface area (Å²) in [5.74, 6) is 0.0627. The van der Waals surface area contributed by atoms with E-state index in [2.05, 4.69) is 15.9 Å². The van der Waals surface area contributed by atoms with Gasteiger partial charge in [-0.15, -0.1) is 11.3 Å². The number of ketones is 1. The number of ether oxygens (including phenoxy) is 2. The summed E-state index contributed by atoms with van der Waals surface area (Å²) in [7, 11) is 1.42. The van der Waals surface area contributed by atoms with Crippen LogP contribution in [-0.2, 0) is 0 Å². The average Bonchev–Trinajstić information content (AvgIpc) is 3.21. The van der Waals surface area contributed by atoms with E-state index in [4.69, 9.17) is 9.47 Å². The molecule has 4 aromatic rings. The third kappa shape index (κ3) is 4.10. The van der Waals surface area contributed by atoms with Crippen molar-refractivity contribution in [2.75, 3.05) is 19.0 Å². The number of methoxy groups -OCH3 is 1. The number of hydrogen-bond acceptors (Lipinski definition) is 4. The molecule has 0 aliphatic carbocycles. The van der Waals surface area contributed by atoms with Gasteiger partial charge >= 0.3 is 0 Å². The Morgan fingerprint density at radius 2 is 1.90 bits per heavy atom. The third-order valence-corrected chi connectivity index (χ3v) is 6.37. The van der Waals surface area contributed by atoms with Gasteiger partial charge < -0.3 is 9.47 Å². The van der Waals surface area contributed by atoms with Crippen molar-refractivity contribution in [3.05, 3.63) is 82.5 Å². The molecule has 1 aromatic heterocycles. The number of carbonyl (C=O) groups excluding carboxylic acids is 1. The Balaban J connectivity index is 1.94. The molecular weight excluding hydrogens is 479 g/mol. The molecule has 3 aromatic carbocycles. The smallest absolute Gasteiger partial charge is 0.195 e. The number of hydrogen-bond donors (Lipinski definition) is 0. The van der Waals surface area contributed by atoms with E-state index in [-0.39, 0.29) is 11.5 Å². The Hall–Kier alpha value is -2.70. The zero-order valence-corrected chi connectivity index (χ0v) is 19.5. The van der Waals surface area contributed by atoms with Gasteiger partial charge in [0.15, 0.2) is 17.3 Å². The van der Waals surface area contributed by atoms with E-state index in [0.29, 0.717) is 39.9 Å². The van der Waals surface area contributed by atoms with Crippen LogP contribution in [0.3, 0.4) is 0 Å². The molecule has 4 rings (SSSR count). The van der Waals surface area contributed by atoms with Crippen LogP contribution in [0.4, 0.5) is 4.39 Å². The van der Waals surface area contributed by atoms with Gasteiger partial charge in [0.25, 0.3) is 0 Å². The van der Waals surface area contributed by atoms with Gasteiger partial charge in [0, 0.05) is 37.5 Å². The Kier molecular flexibility index (Phi) is 6.39. The SMILES string of the molecule is COc1cccc(-c2cc(OCCBr)cc(C)c2C(=O)c2csc3ccccc23)c1F. The van der Waals surface area contributed by atoms with Crippen molar-refractivity contribution in [3.8, 4) is 22.6 Å². The maximum atomic E-state index is 15.2. The van der Waals surface area contributed by atoms with E-state index in [0.717, 1.165) is 15.6 Å².